The van der Waals surface area contributed by atoms with Crippen molar-refractivity contribution in [3.8, 4) is 11.5 Å². The average Bonchev–Trinajstić information content (AvgIpc) is 3.18. The molecule has 0 bridgehead atoms. The van der Waals surface area contributed by atoms with Crippen LogP contribution in [0.5, 0.6) is 11.5 Å². The summed E-state index contributed by atoms with van der Waals surface area (Å²) in [6.45, 7) is 8.76. The Bertz CT molecular complexity index is 1200. The largest absolute Gasteiger partial charge is 0.506 e. The van der Waals surface area contributed by atoms with E-state index < -0.39 is 12.3 Å². The molecule has 1 atom stereocenters. The fourth-order valence-electron chi connectivity index (χ4n) is 6.91. The highest BCUT2D eigenvalue weighted by Gasteiger charge is 2.23. The molecule has 1 N–H and O–H groups in total. The van der Waals surface area contributed by atoms with Gasteiger partial charge in [0.2, 0.25) is 0 Å². The number of unbranched alkanes of at least 4 members (excludes halogenated alkanes) is 19. The second-order valence-corrected chi connectivity index (χ2v) is 16.2. The summed E-state index contributed by atoms with van der Waals surface area (Å²) < 4.78 is 18.2. The Morgan fingerprint density at radius 3 is 1.47 bits per heavy atom. The van der Waals surface area contributed by atoms with Gasteiger partial charge in [0.1, 0.15) is 17.6 Å². The van der Waals surface area contributed by atoms with Gasteiger partial charge >= 0.3 is 6.16 Å². The second-order valence-electron chi connectivity index (χ2n) is 16.2. The molecule has 0 spiro atoms. The van der Waals surface area contributed by atoms with Crippen LogP contribution in [0.3, 0.4) is 0 Å². The molecule has 0 aliphatic carbocycles. The van der Waals surface area contributed by atoms with Gasteiger partial charge in [-0.15, -0.1) is 0 Å². The normalized spacial score (nSPS) is 12.6. The van der Waals surface area contributed by atoms with Crippen molar-refractivity contribution < 1.29 is 24.1 Å². The van der Waals surface area contributed by atoms with Crippen molar-refractivity contribution >= 4 is 6.16 Å². The quantitative estimate of drug-likeness (QED) is 0.0407. The predicted octanol–water partition coefficient (Wildman–Crippen LogP) is 15.8. The predicted molar refractivity (Wildman–Crippen MR) is 245 cm³/mol. The van der Waals surface area contributed by atoms with Gasteiger partial charge in [0.15, 0.2) is 0 Å². The lowest BCUT2D eigenvalue weighted by molar-refractivity contribution is 0.0448. The van der Waals surface area contributed by atoms with Crippen molar-refractivity contribution in [3.63, 3.8) is 0 Å². The van der Waals surface area contributed by atoms with Crippen molar-refractivity contribution in [2.45, 2.75) is 200 Å². The van der Waals surface area contributed by atoms with Crippen LogP contribution in [0, 0.1) is 6.92 Å². The first-order chi connectivity index (χ1) is 27.9. The number of benzene rings is 1. The maximum atomic E-state index is 11.8. The molecule has 0 aromatic heterocycles. The summed E-state index contributed by atoms with van der Waals surface area (Å²) in [6.07, 6.45) is 48.1. The van der Waals surface area contributed by atoms with Gasteiger partial charge < -0.3 is 24.2 Å². The Morgan fingerprint density at radius 2 is 1.02 bits per heavy atom. The van der Waals surface area contributed by atoms with Crippen molar-refractivity contribution in [3.05, 3.63) is 71.9 Å². The molecule has 6 heteroatoms. The lowest BCUT2D eigenvalue weighted by Crippen LogP contribution is -2.15. The number of carbonyl (C=O) groups is 1. The molecule has 0 aliphatic heterocycles. The van der Waals surface area contributed by atoms with Gasteiger partial charge in [0.25, 0.3) is 0 Å². The molecule has 1 unspecified atom stereocenters. The van der Waals surface area contributed by atoms with Crippen LogP contribution in [0.15, 0.2) is 60.7 Å². The standard InChI is InChI=1S/C51H87NO5/c1-6-8-10-12-14-16-18-20-22-24-26-28-30-32-34-38-42-55-49-45-47(48(57-51(53)54)40-36-37-41-52(4)5)50(44-46(49)3)56-43-39-35-33-31-29-27-25-23-21-19-17-15-13-11-9-7-2/h14-17,20-23,44-45,48H,6-13,18-19,24-43H2,1-5H3,(H,53,54)/b16-14-,17-15-,22-20-,23-21-. The molecule has 326 valence electrons. The molecule has 6 nitrogen and oxygen atoms in total. The highest BCUT2D eigenvalue weighted by molar-refractivity contribution is 5.58. The van der Waals surface area contributed by atoms with Gasteiger partial charge in [-0.1, -0.05) is 140 Å². The summed E-state index contributed by atoms with van der Waals surface area (Å²) in [6, 6.07) is 4.01. The Kier molecular flexibility index (Phi) is 35.2. The van der Waals surface area contributed by atoms with Crippen LogP contribution in [0.4, 0.5) is 4.79 Å². The van der Waals surface area contributed by atoms with Gasteiger partial charge in [0, 0.05) is 5.56 Å². The van der Waals surface area contributed by atoms with Crippen molar-refractivity contribution in [1.82, 2.24) is 4.90 Å². The Labute approximate surface area is 351 Å². The van der Waals surface area contributed by atoms with Crippen LogP contribution in [0.25, 0.3) is 0 Å². The lowest BCUT2D eigenvalue weighted by Gasteiger charge is -2.22. The third-order valence-electron chi connectivity index (χ3n) is 10.4. The van der Waals surface area contributed by atoms with E-state index in [9.17, 15) is 9.90 Å². The maximum Gasteiger partial charge on any atom is 0.506 e. The van der Waals surface area contributed by atoms with Crippen LogP contribution in [-0.4, -0.2) is 50.0 Å². The molecule has 1 rings (SSSR count). The van der Waals surface area contributed by atoms with E-state index in [4.69, 9.17) is 14.2 Å². The van der Waals surface area contributed by atoms with Crippen molar-refractivity contribution in [1.29, 1.82) is 0 Å². The van der Waals surface area contributed by atoms with Gasteiger partial charge in [-0.25, -0.2) is 4.79 Å². The maximum absolute atomic E-state index is 11.8. The van der Waals surface area contributed by atoms with Gasteiger partial charge in [0.05, 0.1) is 13.2 Å². The first-order valence-corrected chi connectivity index (χ1v) is 23.4. The minimum Gasteiger partial charge on any atom is -0.493 e. The Morgan fingerprint density at radius 1 is 0.579 bits per heavy atom. The van der Waals surface area contributed by atoms with E-state index >= 15 is 0 Å². The summed E-state index contributed by atoms with van der Waals surface area (Å²) in [4.78, 5) is 14.0. The fourth-order valence-corrected chi connectivity index (χ4v) is 6.91. The summed E-state index contributed by atoms with van der Waals surface area (Å²) in [5.74, 6) is 1.51. The summed E-state index contributed by atoms with van der Waals surface area (Å²) >= 11 is 0. The van der Waals surface area contributed by atoms with E-state index in [1.165, 1.54) is 116 Å². The SMILES string of the molecule is CCCCC/C=C\C/C=C\CCCCCCCCOc1cc(C(CCCCN(C)C)OC(=O)O)c(OCCCCCCCC/C=C\C/C=C\CCCCC)cc1C. The van der Waals surface area contributed by atoms with Gasteiger partial charge in [-0.2, -0.15) is 0 Å². The Hall–Kier alpha value is -2.99. The number of hydrogen-bond donors (Lipinski definition) is 1. The third-order valence-corrected chi connectivity index (χ3v) is 10.4. The molecule has 0 heterocycles. The summed E-state index contributed by atoms with van der Waals surface area (Å²) in [5, 5.41) is 9.69. The van der Waals surface area contributed by atoms with E-state index in [-0.39, 0.29) is 0 Å². The van der Waals surface area contributed by atoms with E-state index in [0.717, 1.165) is 80.5 Å². The third kappa shape index (κ3) is 31.7. The van der Waals surface area contributed by atoms with Crippen LogP contribution in [-0.2, 0) is 4.74 Å². The summed E-state index contributed by atoms with van der Waals surface area (Å²) in [5.41, 5.74) is 1.78. The molecular weight excluding hydrogens is 707 g/mol. The molecule has 0 aliphatic rings. The van der Waals surface area contributed by atoms with Crippen LogP contribution in [0.2, 0.25) is 0 Å². The monoisotopic (exact) mass is 794 g/mol. The van der Waals surface area contributed by atoms with E-state index in [1.54, 1.807) is 0 Å². The molecule has 1 aromatic rings. The zero-order valence-electron chi connectivity index (χ0n) is 37.6. The number of rotatable bonds is 39. The van der Waals surface area contributed by atoms with Gasteiger partial charge in [-0.05, 0) is 142 Å². The number of aryl methyl sites for hydroxylation is 1. The first-order valence-electron chi connectivity index (χ1n) is 23.4. The highest BCUT2D eigenvalue weighted by Crippen LogP contribution is 2.37. The lowest BCUT2D eigenvalue weighted by atomic mass is 10.00. The minimum atomic E-state index is -1.26. The van der Waals surface area contributed by atoms with Gasteiger partial charge in [-0.3, -0.25) is 0 Å². The van der Waals surface area contributed by atoms with Crippen molar-refractivity contribution in [2.24, 2.45) is 0 Å². The molecule has 0 radical (unpaired) electrons. The van der Waals surface area contributed by atoms with E-state index in [0.29, 0.717) is 19.6 Å². The molecular formula is C51H87NO5. The molecule has 1 aromatic carbocycles. The van der Waals surface area contributed by atoms with Crippen molar-refractivity contribution in [2.75, 3.05) is 33.9 Å². The fraction of sp³-hybridized carbons (Fsp3) is 0.706. The number of hydrogen-bond acceptors (Lipinski definition) is 5. The topological polar surface area (TPSA) is 68.2 Å². The van der Waals surface area contributed by atoms with Crippen LogP contribution >= 0.6 is 0 Å². The number of nitrogens with zero attached hydrogens (tertiary/aromatic N) is 1. The highest BCUT2D eigenvalue weighted by atomic mass is 16.7. The van der Waals surface area contributed by atoms with Crippen LogP contribution in [0.1, 0.15) is 204 Å². The number of allylic oxidation sites excluding steroid dienone is 8. The average molecular weight is 794 g/mol. The smallest absolute Gasteiger partial charge is 0.493 e. The molecule has 0 amide bonds. The molecule has 0 saturated heterocycles. The summed E-state index contributed by atoms with van der Waals surface area (Å²) in [7, 11) is 4.12. The zero-order valence-corrected chi connectivity index (χ0v) is 37.6. The minimum absolute atomic E-state index is 0.597. The molecule has 57 heavy (non-hydrogen) atoms. The molecule has 0 fully saturated rings. The molecule has 0 saturated carbocycles. The number of carboxylic acid groups (broad SMARTS) is 1. The first kappa shape index (κ1) is 52.0. The van der Waals surface area contributed by atoms with E-state index in [2.05, 4.69) is 88.4 Å². The Balaban J connectivity index is 2.54. The van der Waals surface area contributed by atoms with E-state index in [1.807, 2.05) is 12.1 Å². The zero-order chi connectivity index (χ0) is 41.4. The number of ether oxygens (including phenoxy) is 3. The van der Waals surface area contributed by atoms with Crippen LogP contribution < -0.4 is 9.47 Å². The second kappa shape index (κ2) is 38.5.